The van der Waals surface area contributed by atoms with Crippen molar-refractivity contribution in [2.24, 2.45) is 0 Å². The van der Waals surface area contributed by atoms with Crippen molar-refractivity contribution >= 4 is 141 Å². The lowest BCUT2D eigenvalue weighted by Crippen LogP contribution is -2.10. The molecule has 0 unspecified atom stereocenters. The normalized spacial score (nSPS) is 11.9. The van der Waals surface area contributed by atoms with Gasteiger partial charge in [-0.3, -0.25) is 0 Å². The van der Waals surface area contributed by atoms with Crippen LogP contribution in [0.4, 0.5) is 34.1 Å². The van der Waals surface area contributed by atoms with Gasteiger partial charge in [0.25, 0.3) is 0 Å². The van der Waals surface area contributed by atoms with Gasteiger partial charge in [-0.25, -0.2) is 0 Å². The minimum absolute atomic E-state index is 0.863. The summed E-state index contributed by atoms with van der Waals surface area (Å²) in [6.07, 6.45) is 0. The highest BCUT2D eigenvalue weighted by Crippen LogP contribution is 2.47. The molecule has 72 heavy (non-hydrogen) atoms. The quantitative estimate of drug-likeness (QED) is 0.152. The van der Waals surface area contributed by atoms with E-state index in [2.05, 4.69) is 251 Å². The van der Waals surface area contributed by atoms with Crippen molar-refractivity contribution in [2.75, 3.05) is 9.80 Å². The molecule has 0 N–H and O–H groups in total. The molecule has 15 aromatic rings. The Morgan fingerprint density at radius 2 is 0.819 bits per heavy atom. The van der Waals surface area contributed by atoms with Crippen LogP contribution in [-0.2, 0) is 0 Å². The zero-order valence-electron chi connectivity index (χ0n) is 38.7. The molecule has 0 atom stereocenters. The molecule has 0 radical (unpaired) electrons. The zero-order valence-corrected chi connectivity index (χ0v) is 40.4. The van der Waals surface area contributed by atoms with Crippen LogP contribution in [0.15, 0.2) is 253 Å². The number of furan rings is 1. The maximum atomic E-state index is 6.49. The summed E-state index contributed by atoms with van der Waals surface area (Å²) in [6.45, 7) is 0. The molecule has 338 valence electrons. The zero-order chi connectivity index (χ0) is 47.3. The van der Waals surface area contributed by atoms with Crippen LogP contribution < -0.4 is 9.80 Å². The summed E-state index contributed by atoms with van der Waals surface area (Å²) in [5.41, 5.74) is 13.9. The van der Waals surface area contributed by atoms with Crippen LogP contribution in [0.3, 0.4) is 0 Å². The summed E-state index contributed by atoms with van der Waals surface area (Å²) in [6, 6.07) is 90.4. The molecule has 0 bridgehead atoms. The van der Waals surface area contributed by atoms with Crippen LogP contribution in [-0.4, -0.2) is 4.57 Å². The van der Waals surface area contributed by atoms with Crippen LogP contribution in [0.1, 0.15) is 0 Å². The van der Waals surface area contributed by atoms with Crippen molar-refractivity contribution in [1.82, 2.24) is 4.57 Å². The lowest BCUT2D eigenvalue weighted by molar-refractivity contribution is 0.669. The number of nitrogens with zero attached hydrogens (tertiary/aromatic N) is 3. The van der Waals surface area contributed by atoms with Crippen LogP contribution in [0, 0.1) is 0 Å². The Bertz CT molecular complexity index is 4490. The van der Waals surface area contributed by atoms with E-state index in [1.807, 2.05) is 34.8 Å². The van der Waals surface area contributed by atoms with Crippen molar-refractivity contribution in [3.63, 3.8) is 0 Å². The first-order valence-corrected chi connectivity index (χ1v) is 25.9. The highest BCUT2D eigenvalue weighted by molar-refractivity contribution is 7.26. The average Bonchev–Trinajstić information content (AvgIpc) is 4.20. The number of thiophene rings is 2. The van der Waals surface area contributed by atoms with Crippen molar-refractivity contribution in [2.45, 2.75) is 0 Å². The van der Waals surface area contributed by atoms with E-state index >= 15 is 0 Å². The van der Waals surface area contributed by atoms with Crippen molar-refractivity contribution in [3.8, 4) is 16.8 Å². The number of para-hydroxylation sites is 3. The first-order chi connectivity index (χ1) is 35.7. The molecule has 0 aliphatic rings. The van der Waals surface area contributed by atoms with Gasteiger partial charge in [0.2, 0.25) is 0 Å². The topological polar surface area (TPSA) is 24.6 Å². The summed E-state index contributed by atoms with van der Waals surface area (Å²) in [4.78, 5) is 4.76. The summed E-state index contributed by atoms with van der Waals surface area (Å²) in [5.74, 6) is 0. The number of rotatable bonds is 8. The van der Waals surface area contributed by atoms with Gasteiger partial charge in [0.1, 0.15) is 11.2 Å². The molecule has 0 spiro atoms. The standard InChI is InChI=1S/C66H41N3OS2/c1-3-17-44(18-4-1)67(48-29-32-51-56-35-36-63-65(57-25-9-12-28-62(57)71-63)66(56)69(58(51)39-48)45-19-5-2-6-20-45)46-21-13-15-42(37-46)43-16-14-22-47(38-43)68(49-30-33-53-52-23-7-10-26-59(52)70-60(53)40-49)50-31-34-55-54-24-8-11-27-61(54)72-64(55)41-50/h1-41H. The third-order valence-corrected chi connectivity index (χ3v) is 16.6. The van der Waals surface area contributed by atoms with E-state index in [-0.39, 0.29) is 0 Å². The monoisotopic (exact) mass is 955 g/mol. The number of hydrogen-bond acceptors (Lipinski definition) is 5. The fourth-order valence-electron chi connectivity index (χ4n) is 11.1. The fourth-order valence-corrected chi connectivity index (χ4v) is 13.4. The first-order valence-electron chi connectivity index (χ1n) is 24.3. The molecule has 11 aromatic carbocycles. The van der Waals surface area contributed by atoms with Gasteiger partial charge in [-0.1, -0.05) is 133 Å². The third-order valence-electron chi connectivity index (χ3n) is 14.3. The lowest BCUT2D eigenvalue weighted by Gasteiger charge is -2.27. The molecule has 0 fully saturated rings. The summed E-state index contributed by atoms with van der Waals surface area (Å²) in [7, 11) is 0. The number of aromatic nitrogens is 1. The first kappa shape index (κ1) is 40.9. The molecule has 0 aliphatic carbocycles. The molecule has 0 saturated heterocycles. The van der Waals surface area contributed by atoms with Gasteiger partial charge in [-0.2, -0.15) is 0 Å². The van der Waals surface area contributed by atoms with E-state index in [1.165, 1.54) is 56.6 Å². The Morgan fingerprint density at radius 1 is 0.306 bits per heavy atom. The smallest absolute Gasteiger partial charge is 0.137 e. The second-order valence-electron chi connectivity index (χ2n) is 18.5. The minimum Gasteiger partial charge on any atom is -0.456 e. The number of anilines is 6. The molecule has 4 nitrogen and oxygen atoms in total. The summed E-state index contributed by atoms with van der Waals surface area (Å²) in [5, 5.41) is 9.87. The number of hydrogen-bond donors (Lipinski definition) is 0. The Kier molecular flexibility index (Phi) is 9.27. The van der Waals surface area contributed by atoms with Crippen molar-refractivity contribution < 1.29 is 4.42 Å². The highest BCUT2D eigenvalue weighted by atomic mass is 32.1. The molecule has 15 rings (SSSR count). The predicted octanol–water partition coefficient (Wildman–Crippen LogP) is 20.0. The Balaban J connectivity index is 0.884. The summed E-state index contributed by atoms with van der Waals surface area (Å²) < 4.78 is 14.1. The maximum Gasteiger partial charge on any atom is 0.137 e. The Labute approximate surface area is 422 Å². The molecule has 6 heteroatoms. The Hall–Kier alpha value is -8.94. The lowest BCUT2D eigenvalue weighted by atomic mass is 10.0. The fraction of sp³-hybridized carbons (Fsp3) is 0. The van der Waals surface area contributed by atoms with Gasteiger partial charge in [0.05, 0.1) is 11.0 Å². The summed E-state index contributed by atoms with van der Waals surface area (Å²) >= 11 is 3.71. The maximum absolute atomic E-state index is 6.49. The van der Waals surface area contributed by atoms with Crippen LogP contribution in [0.5, 0.6) is 0 Å². The van der Waals surface area contributed by atoms with Crippen LogP contribution in [0.2, 0.25) is 0 Å². The average molecular weight is 956 g/mol. The van der Waals surface area contributed by atoms with Gasteiger partial charge in [-0.15, -0.1) is 22.7 Å². The van der Waals surface area contributed by atoms with E-state index in [4.69, 9.17) is 4.42 Å². The van der Waals surface area contributed by atoms with Gasteiger partial charge < -0.3 is 18.8 Å². The second-order valence-corrected chi connectivity index (χ2v) is 20.6. The van der Waals surface area contributed by atoms with Gasteiger partial charge in [-0.05, 0) is 120 Å². The SMILES string of the molecule is c1ccc(N(c2cccc(-c3cccc(N(c4ccc5c(c4)oc4ccccc45)c4ccc5c(c4)sc4ccccc45)c3)c2)c2ccc3c4ccc5sc6ccccc6c5c4n(-c4ccccc4)c3c2)cc1. The van der Waals surface area contributed by atoms with Crippen LogP contribution >= 0.6 is 22.7 Å². The van der Waals surface area contributed by atoms with Crippen molar-refractivity contribution in [3.05, 3.63) is 249 Å². The third kappa shape index (κ3) is 6.50. The van der Waals surface area contributed by atoms with E-state index in [9.17, 15) is 0 Å². The van der Waals surface area contributed by atoms with Crippen LogP contribution in [0.25, 0.3) is 101 Å². The van der Waals surface area contributed by atoms with E-state index in [0.29, 0.717) is 0 Å². The molecule has 4 aromatic heterocycles. The number of fused-ring (bicyclic) bond motifs is 13. The van der Waals surface area contributed by atoms with Gasteiger partial charge in [0.15, 0.2) is 0 Å². The minimum atomic E-state index is 0.863. The molecule has 0 aliphatic heterocycles. The predicted molar refractivity (Wildman–Crippen MR) is 309 cm³/mol. The largest absolute Gasteiger partial charge is 0.456 e. The molecule has 0 saturated carbocycles. The highest BCUT2D eigenvalue weighted by Gasteiger charge is 2.22. The van der Waals surface area contributed by atoms with E-state index < -0.39 is 0 Å². The second kappa shape index (κ2) is 16.3. The van der Waals surface area contributed by atoms with E-state index in [0.717, 1.165) is 78.4 Å². The van der Waals surface area contributed by atoms with Crippen molar-refractivity contribution in [1.29, 1.82) is 0 Å². The molecular formula is C66H41N3OS2. The molecule has 0 amide bonds. The Morgan fingerprint density at radius 3 is 1.58 bits per heavy atom. The van der Waals surface area contributed by atoms with E-state index in [1.54, 1.807) is 0 Å². The molecular weight excluding hydrogens is 915 g/mol. The number of benzene rings is 11. The van der Waals surface area contributed by atoms with Gasteiger partial charge >= 0.3 is 0 Å². The molecule has 4 heterocycles. The van der Waals surface area contributed by atoms with Gasteiger partial charge in [0, 0.05) is 108 Å².